The van der Waals surface area contributed by atoms with Crippen molar-refractivity contribution in [3.63, 3.8) is 0 Å². The second kappa shape index (κ2) is 9.82. The van der Waals surface area contributed by atoms with Gasteiger partial charge in [-0.2, -0.15) is 4.31 Å². The molecule has 172 valence electrons. The van der Waals surface area contributed by atoms with Crippen molar-refractivity contribution in [2.75, 3.05) is 45.2 Å². The van der Waals surface area contributed by atoms with Crippen LogP contribution in [0.5, 0.6) is 0 Å². The number of hydrogen-bond donors (Lipinski definition) is 2. The van der Waals surface area contributed by atoms with Gasteiger partial charge in [-0.1, -0.05) is 11.6 Å². The monoisotopic (exact) mass is 482 g/mol. The maximum absolute atomic E-state index is 12.9. The van der Waals surface area contributed by atoms with E-state index < -0.39 is 27.4 Å². The molecular formula is C20H23ClN4O6S. The summed E-state index contributed by atoms with van der Waals surface area (Å²) in [5.74, 6) is -1.19. The van der Waals surface area contributed by atoms with Gasteiger partial charge in [0.15, 0.2) is 0 Å². The molecule has 0 aliphatic carbocycles. The van der Waals surface area contributed by atoms with Crippen LogP contribution < -0.4 is 10.9 Å². The summed E-state index contributed by atoms with van der Waals surface area (Å²) in [6, 6.07) is 7.10. The number of benzene rings is 1. The lowest BCUT2D eigenvalue weighted by Crippen LogP contribution is -2.40. The second-order valence-electron chi connectivity index (χ2n) is 7.26. The maximum atomic E-state index is 12.9. The molecule has 1 saturated heterocycles. The fourth-order valence-electron chi connectivity index (χ4n) is 3.14. The first-order chi connectivity index (χ1) is 15.1. The number of sulfonamides is 1. The van der Waals surface area contributed by atoms with E-state index in [-0.39, 0.29) is 54.0 Å². The van der Waals surface area contributed by atoms with E-state index in [2.05, 4.69) is 10.3 Å². The SMILES string of the molecule is Cc1ccc(C(=O)N(C)CC(=O)Nc2ccc(Cl)c(S(=O)(=O)N3CCOCC3)c2)c(=O)[nH]1. The summed E-state index contributed by atoms with van der Waals surface area (Å²) in [5.41, 5.74) is 0.187. The minimum Gasteiger partial charge on any atom is -0.379 e. The Labute approximate surface area is 190 Å². The number of hydrogen-bond acceptors (Lipinski definition) is 6. The Morgan fingerprint density at radius 3 is 2.56 bits per heavy atom. The second-order valence-corrected chi connectivity index (χ2v) is 9.57. The summed E-state index contributed by atoms with van der Waals surface area (Å²) in [6.45, 7) is 2.34. The number of rotatable bonds is 6. The van der Waals surface area contributed by atoms with E-state index in [0.29, 0.717) is 5.69 Å². The first-order valence-electron chi connectivity index (χ1n) is 9.72. The normalized spacial score (nSPS) is 14.7. The molecule has 32 heavy (non-hydrogen) atoms. The number of amides is 2. The van der Waals surface area contributed by atoms with E-state index in [4.69, 9.17) is 16.3 Å². The number of halogens is 1. The molecule has 2 heterocycles. The third-order valence-corrected chi connectivity index (χ3v) is 7.20. The van der Waals surface area contributed by atoms with Gasteiger partial charge in [-0.05, 0) is 37.3 Å². The fraction of sp³-hybridized carbons (Fsp3) is 0.350. The van der Waals surface area contributed by atoms with Crippen LogP contribution in [0.15, 0.2) is 40.0 Å². The van der Waals surface area contributed by atoms with Gasteiger partial charge in [0.05, 0.1) is 24.8 Å². The number of carbonyl (C=O) groups is 2. The van der Waals surface area contributed by atoms with Gasteiger partial charge in [0, 0.05) is 31.5 Å². The van der Waals surface area contributed by atoms with Crippen LogP contribution >= 0.6 is 11.6 Å². The van der Waals surface area contributed by atoms with Crippen molar-refractivity contribution in [3.8, 4) is 0 Å². The van der Waals surface area contributed by atoms with Crippen molar-refractivity contribution in [2.45, 2.75) is 11.8 Å². The highest BCUT2D eigenvalue weighted by molar-refractivity contribution is 7.89. The fourth-order valence-corrected chi connectivity index (χ4v) is 5.05. The number of aromatic amines is 1. The molecule has 0 unspecified atom stereocenters. The van der Waals surface area contributed by atoms with Gasteiger partial charge >= 0.3 is 0 Å². The molecule has 2 amide bonds. The first kappa shape index (κ1) is 23.9. The topological polar surface area (TPSA) is 129 Å². The number of morpholine rings is 1. The summed E-state index contributed by atoms with van der Waals surface area (Å²) in [7, 11) is -2.48. The quantitative estimate of drug-likeness (QED) is 0.633. The highest BCUT2D eigenvalue weighted by Crippen LogP contribution is 2.28. The summed E-state index contributed by atoms with van der Waals surface area (Å²) < 4.78 is 32.3. The van der Waals surface area contributed by atoms with Crippen molar-refractivity contribution in [1.82, 2.24) is 14.2 Å². The molecule has 1 aromatic heterocycles. The Hall–Kier alpha value is -2.73. The van der Waals surface area contributed by atoms with Gasteiger partial charge in [-0.15, -0.1) is 0 Å². The number of carbonyl (C=O) groups excluding carboxylic acids is 2. The lowest BCUT2D eigenvalue weighted by Gasteiger charge is -2.26. The van der Waals surface area contributed by atoms with Crippen LogP contribution in [0.2, 0.25) is 5.02 Å². The lowest BCUT2D eigenvalue weighted by molar-refractivity contribution is -0.116. The molecule has 1 fully saturated rings. The van der Waals surface area contributed by atoms with E-state index >= 15 is 0 Å². The zero-order valence-corrected chi connectivity index (χ0v) is 19.1. The molecule has 1 aliphatic heterocycles. The smallest absolute Gasteiger partial charge is 0.260 e. The van der Waals surface area contributed by atoms with Crippen LogP contribution in [0.3, 0.4) is 0 Å². The van der Waals surface area contributed by atoms with E-state index in [1.165, 1.54) is 35.6 Å². The van der Waals surface area contributed by atoms with Gasteiger partial charge in [-0.25, -0.2) is 8.42 Å². The van der Waals surface area contributed by atoms with Crippen LogP contribution in [-0.2, 0) is 19.6 Å². The van der Waals surface area contributed by atoms with Crippen LogP contribution in [0.4, 0.5) is 5.69 Å². The summed E-state index contributed by atoms with van der Waals surface area (Å²) >= 11 is 6.12. The molecule has 3 rings (SSSR count). The number of aryl methyl sites for hydroxylation is 1. The zero-order chi connectivity index (χ0) is 23.5. The van der Waals surface area contributed by atoms with Crippen LogP contribution in [0.25, 0.3) is 0 Å². The third-order valence-electron chi connectivity index (χ3n) is 4.82. The molecule has 1 aliphatic rings. The molecular weight excluding hydrogens is 460 g/mol. The Balaban J connectivity index is 1.72. The number of likely N-dealkylation sites (N-methyl/N-ethyl adjacent to an activating group) is 1. The van der Waals surface area contributed by atoms with Gasteiger partial charge in [0.25, 0.3) is 11.5 Å². The van der Waals surface area contributed by atoms with Crippen molar-refractivity contribution in [3.05, 3.63) is 57.0 Å². The Morgan fingerprint density at radius 1 is 1.22 bits per heavy atom. The van der Waals surface area contributed by atoms with Crippen molar-refractivity contribution in [2.24, 2.45) is 0 Å². The van der Waals surface area contributed by atoms with Gasteiger partial charge in [0.2, 0.25) is 15.9 Å². The number of nitrogens with one attached hydrogen (secondary N) is 2. The molecule has 0 spiro atoms. The lowest BCUT2D eigenvalue weighted by atomic mass is 10.2. The number of H-pyrrole nitrogens is 1. The van der Waals surface area contributed by atoms with Gasteiger partial charge in [0.1, 0.15) is 10.5 Å². The predicted molar refractivity (Wildman–Crippen MR) is 118 cm³/mol. The van der Waals surface area contributed by atoms with E-state index in [9.17, 15) is 22.8 Å². The summed E-state index contributed by atoms with van der Waals surface area (Å²) in [6.07, 6.45) is 0. The zero-order valence-electron chi connectivity index (χ0n) is 17.6. The van der Waals surface area contributed by atoms with Crippen LogP contribution in [0.1, 0.15) is 16.1 Å². The number of ether oxygens (including phenoxy) is 1. The van der Waals surface area contributed by atoms with Crippen molar-refractivity contribution < 1.29 is 22.7 Å². The van der Waals surface area contributed by atoms with E-state index in [1.807, 2.05) is 0 Å². The molecule has 0 radical (unpaired) electrons. The highest BCUT2D eigenvalue weighted by atomic mass is 35.5. The van der Waals surface area contributed by atoms with Crippen molar-refractivity contribution >= 4 is 39.1 Å². The molecule has 2 aromatic rings. The number of nitrogens with zero attached hydrogens (tertiary/aromatic N) is 2. The van der Waals surface area contributed by atoms with E-state index in [1.54, 1.807) is 13.0 Å². The predicted octanol–water partition coefficient (Wildman–Crippen LogP) is 1.07. The maximum Gasteiger partial charge on any atom is 0.260 e. The molecule has 10 nitrogen and oxygen atoms in total. The molecule has 1 aromatic carbocycles. The Morgan fingerprint density at radius 2 is 1.91 bits per heavy atom. The molecule has 0 bridgehead atoms. The molecule has 2 N–H and O–H groups in total. The number of pyridine rings is 1. The van der Waals surface area contributed by atoms with Gasteiger partial charge in [-0.3, -0.25) is 14.4 Å². The number of aromatic nitrogens is 1. The highest BCUT2D eigenvalue weighted by Gasteiger charge is 2.29. The summed E-state index contributed by atoms with van der Waals surface area (Å²) in [5, 5.41) is 2.59. The minimum atomic E-state index is -3.86. The average Bonchev–Trinajstić information content (AvgIpc) is 2.75. The van der Waals surface area contributed by atoms with Crippen LogP contribution in [0, 0.1) is 6.92 Å². The first-order valence-corrected chi connectivity index (χ1v) is 11.5. The minimum absolute atomic E-state index is 0.0281. The van der Waals surface area contributed by atoms with Crippen LogP contribution in [-0.4, -0.2) is 74.3 Å². The number of anilines is 1. The van der Waals surface area contributed by atoms with Crippen molar-refractivity contribution in [1.29, 1.82) is 0 Å². The average molecular weight is 483 g/mol. The van der Waals surface area contributed by atoms with Gasteiger partial charge < -0.3 is 19.9 Å². The Kier molecular flexibility index (Phi) is 7.34. The van der Waals surface area contributed by atoms with E-state index in [0.717, 1.165) is 4.90 Å². The molecule has 0 atom stereocenters. The third kappa shape index (κ3) is 5.36. The largest absolute Gasteiger partial charge is 0.379 e. The standard InChI is InChI=1S/C20H23ClN4O6S/c1-13-3-5-15(19(27)22-13)20(28)24(2)12-18(26)23-14-4-6-16(21)17(11-14)32(29,30)25-7-9-31-10-8-25/h3-6,11H,7-10,12H2,1-2H3,(H,22,27)(H,23,26). The molecule has 0 saturated carbocycles. The molecule has 12 heteroatoms. The summed E-state index contributed by atoms with van der Waals surface area (Å²) in [4.78, 5) is 40.4. The Bertz CT molecular complexity index is 1190.